The molecule has 0 saturated heterocycles. The number of carboxylic acid groups (broad SMARTS) is 1. The second kappa shape index (κ2) is 6.64. The monoisotopic (exact) mass is 315 g/mol. The van der Waals surface area contributed by atoms with Gasteiger partial charge in [-0.1, -0.05) is 38.1 Å². The van der Waals surface area contributed by atoms with E-state index >= 15 is 0 Å². The van der Waals surface area contributed by atoms with E-state index in [9.17, 15) is 9.59 Å². The van der Waals surface area contributed by atoms with Gasteiger partial charge in [0.05, 0.1) is 11.6 Å². The Bertz CT molecular complexity index is 717. The molecular weight excluding hydrogens is 294 g/mol. The summed E-state index contributed by atoms with van der Waals surface area (Å²) in [5, 5.41) is 15.7. The molecule has 1 unspecified atom stereocenters. The lowest BCUT2D eigenvalue weighted by Gasteiger charge is -2.15. The predicted octanol–water partition coefficient (Wildman–Crippen LogP) is 2.73. The van der Waals surface area contributed by atoms with E-state index in [0.717, 1.165) is 5.56 Å². The van der Waals surface area contributed by atoms with Gasteiger partial charge < -0.3 is 10.4 Å². The van der Waals surface area contributed by atoms with E-state index in [-0.39, 0.29) is 17.3 Å². The molecule has 6 heteroatoms. The highest BCUT2D eigenvalue weighted by Gasteiger charge is 2.22. The SMILES string of the molecule is CC(C)c1ccc(C(C)NC(=O)c2cn(C)nc2C(=O)O)cc1. The Labute approximate surface area is 135 Å². The first kappa shape index (κ1) is 16.7. The molecule has 2 N–H and O–H groups in total. The van der Waals surface area contributed by atoms with Crippen LogP contribution < -0.4 is 5.32 Å². The molecule has 0 fully saturated rings. The van der Waals surface area contributed by atoms with Gasteiger partial charge in [0.2, 0.25) is 0 Å². The highest BCUT2D eigenvalue weighted by Crippen LogP contribution is 2.19. The third-order valence-electron chi connectivity index (χ3n) is 3.73. The third kappa shape index (κ3) is 3.77. The maximum Gasteiger partial charge on any atom is 0.357 e. The largest absolute Gasteiger partial charge is 0.476 e. The van der Waals surface area contributed by atoms with Crippen molar-refractivity contribution in [1.29, 1.82) is 0 Å². The van der Waals surface area contributed by atoms with Crippen molar-refractivity contribution in [3.8, 4) is 0 Å². The molecule has 6 nitrogen and oxygen atoms in total. The molecule has 0 aliphatic rings. The first-order valence-electron chi connectivity index (χ1n) is 7.47. The molecule has 0 spiro atoms. The Hall–Kier alpha value is -2.63. The van der Waals surface area contributed by atoms with E-state index in [4.69, 9.17) is 5.11 Å². The zero-order valence-corrected chi connectivity index (χ0v) is 13.7. The summed E-state index contributed by atoms with van der Waals surface area (Å²) in [6, 6.07) is 7.79. The zero-order valence-electron chi connectivity index (χ0n) is 13.7. The van der Waals surface area contributed by atoms with Crippen molar-refractivity contribution in [3.63, 3.8) is 0 Å². The highest BCUT2D eigenvalue weighted by atomic mass is 16.4. The number of benzene rings is 1. The summed E-state index contributed by atoms with van der Waals surface area (Å²) in [6.07, 6.45) is 1.41. The van der Waals surface area contributed by atoms with Crippen molar-refractivity contribution in [3.05, 3.63) is 52.8 Å². The van der Waals surface area contributed by atoms with Gasteiger partial charge in [0.15, 0.2) is 5.69 Å². The number of amides is 1. The highest BCUT2D eigenvalue weighted by molar-refractivity contribution is 6.03. The Morgan fingerprint density at radius 2 is 1.70 bits per heavy atom. The molecule has 1 amide bonds. The number of aryl methyl sites for hydroxylation is 1. The fourth-order valence-electron chi connectivity index (χ4n) is 2.34. The summed E-state index contributed by atoms with van der Waals surface area (Å²) >= 11 is 0. The molecule has 0 aliphatic carbocycles. The average molecular weight is 315 g/mol. The summed E-state index contributed by atoms with van der Waals surface area (Å²) < 4.78 is 1.32. The van der Waals surface area contributed by atoms with Crippen LogP contribution in [0.2, 0.25) is 0 Å². The third-order valence-corrected chi connectivity index (χ3v) is 3.73. The van der Waals surface area contributed by atoms with Crippen LogP contribution >= 0.6 is 0 Å². The van der Waals surface area contributed by atoms with Gasteiger partial charge in [0.25, 0.3) is 5.91 Å². The Morgan fingerprint density at radius 1 is 1.13 bits per heavy atom. The number of hydrogen-bond donors (Lipinski definition) is 2. The maximum absolute atomic E-state index is 12.3. The molecular formula is C17H21N3O3. The molecule has 23 heavy (non-hydrogen) atoms. The predicted molar refractivity (Wildman–Crippen MR) is 86.6 cm³/mol. The van der Waals surface area contributed by atoms with Crippen LogP contribution in [0.15, 0.2) is 30.5 Å². The normalized spacial score (nSPS) is 12.2. The van der Waals surface area contributed by atoms with E-state index in [2.05, 4.69) is 24.3 Å². The van der Waals surface area contributed by atoms with Crippen LogP contribution in [0.1, 0.15) is 64.7 Å². The van der Waals surface area contributed by atoms with E-state index < -0.39 is 11.9 Å². The average Bonchev–Trinajstić information content (AvgIpc) is 2.89. The minimum atomic E-state index is -1.22. The van der Waals surface area contributed by atoms with Crippen LogP contribution in [-0.2, 0) is 7.05 Å². The fraction of sp³-hybridized carbons (Fsp3) is 0.353. The molecule has 1 atom stereocenters. The van der Waals surface area contributed by atoms with Gasteiger partial charge in [-0.25, -0.2) is 4.79 Å². The molecule has 2 rings (SSSR count). The second-order valence-corrected chi connectivity index (χ2v) is 5.89. The van der Waals surface area contributed by atoms with Crippen molar-refractivity contribution in [2.75, 3.05) is 0 Å². The summed E-state index contributed by atoms with van der Waals surface area (Å²) in [5.74, 6) is -1.22. The molecule has 2 aromatic rings. The number of nitrogens with one attached hydrogen (secondary N) is 1. The first-order valence-corrected chi connectivity index (χ1v) is 7.47. The van der Waals surface area contributed by atoms with Crippen molar-refractivity contribution in [1.82, 2.24) is 15.1 Å². The molecule has 1 heterocycles. The van der Waals surface area contributed by atoms with Gasteiger partial charge in [-0.05, 0) is 24.0 Å². The summed E-state index contributed by atoms with van der Waals surface area (Å²) in [6.45, 7) is 6.10. The topological polar surface area (TPSA) is 84.2 Å². The minimum absolute atomic E-state index is 0.0608. The van der Waals surface area contributed by atoms with Crippen LogP contribution in [0.25, 0.3) is 0 Å². The summed E-state index contributed by atoms with van der Waals surface area (Å²) in [7, 11) is 1.58. The molecule has 122 valence electrons. The minimum Gasteiger partial charge on any atom is -0.476 e. The van der Waals surface area contributed by atoms with E-state index in [1.807, 2.05) is 31.2 Å². The lowest BCUT2D eigenvalue weighted by molar-refractivity contribution is 0.0683. The number of aromatic carboxylic acids is 1. The molecule has 0 aliphatic heterocycles. The van der Waals surface area contributed by atoms with E-state index in [1.165, 1.54) is 16.4 Å². The number of carbonyl (C=O) groups is 2. The molecule has 0 radical (unpaired) electrons. The van der Waals surface area contributed by atoms with Gasteiger partial charge in [-0.15, -0.1) is 0 Å². The van der Waals surface area contributed by atoms with Crippen molar-refractivity contribution in [2.24, 2.45) is 7.05 Å². The Morgan fingerprint density at radius 3 is 2.22 bits per heavy atom. The van der Waals surface area contributed by atoms with Crippen LogP contribution in [0.4, 0.5) is 0 Å². The van der Waals surface area contributed by atoms with Gasteiger partial charge in [-0.3, -0.25) is 9.48 Å². The molecule has 0 bridgehead atoms. The van der Waals surface area contributed by atoms with E-state index in [1.54, 1.807) is 7.05 Å². The second-order valence-electron chi connectivity index (χ2n) is 5.89. The number of nitrogens with zero attached hydrogens (tertiary/aromatic N) is 2. The van der Waals surface area contributed by atoms with Crippen molar-refractivity contribution < 1.29 is 14.7 Å². The van der Waals surface area contributed by atoms with Gasteiger partial charge in [0, 0.05) is 13.2 Å². The number of rotatable bonds is 5. The number of carbonyl (C=O) groups excluding carboxylic acids is 1. The van der Waals surface area contributed by atoms with Gasteiger partial charge >= 0.3 is 5.97 Å². The van der Waals surface area contributed by atoms with Crippen LogP contribution in [-0.4, -0.2) is 26.8 Å². The number of aromatic nitrogens is 2. The maximum atomic E-state index is 12.3. The lowest BCUT2D eigenvalue weighted by atomic mass is 9.99. The molecule has 1 aromatic heterocycles. The number of hydrogen-bond acceptors (Lipinski definition) is 3. The Balaban J connectivity index is 2.15. The standard InChI is InChI=1S/C17H21N3O3/c1-10(2)12-5-7-13(8-6-12)11(3)18-16(21)14-9-20(4)19-15(14)17(22)23/h5-11H,1-4H3,(H,18,21)(H,22,23). The fourth-order valence-corrected chi connectivity index (χ4v) is 2.34. The summed E-state index contributed by atoms with van der Waals surface area (Å²) in [5.41, 5.74) is 2.01. The van der Waals surface area contributed by atoms with Crippen LogP contribution in [0, 0.1) is 0 Å². The van der Waals surface area contributed by atoms with Gasteiger partial charge in [0.1, 0.15) is 0 Å². The zero-order chi connectivity index (χ0) is 17.1. The van der Waals surface area contributed by atoms with E-state index in [0.29, 0.717) is 5.92 Å². The van der Waals surface area contributed by atoms with Crippen LogP contribution in [0.3, 0.4) is 0 Å². The molecule has 1 aromatic carbocycles. The summed E-state index contributed by atoms with van der Waals surface area (Å²) in [4.78, 5) is 23.5. The first-order chi connectivity index (χ1) is 10.8. The van der Waals surface area contributed by atoms with Crippen molar-refractivity contribution in [2.45, 2.75) is 32.7 Å². The molecule has 0 saturated carbocycles. The van der Waals surface area contributed by atoms with Gasteiger partial charge in [-0.2, -0.15) is 5.10 Å². The van der Waals surface area contributed by atoms with Crippen LogP contribution in [0.5, 0.6) is 0 Å². The smallest absolute Gasteiger partial charge is 0.357 e. The van der Waals surface area contributed by atoms with Crippen molar-refractivity contribution >= 4 is 11.9 Å². The number of carboxylic acids is 1. The Kier molecular flexibility index (Phi) is 4.83. The quantitative estimate of drug-likeness (QED) is 0.888. The lowest BCUT2D eigenvalue weighted by Crippen LogP contribution is -2.27.